The van der Waals surface area contributed by atoms with E-state index in [0.29, 0.717) is 0 Å². The molecule has 0 radical (unpaired) electrons. The van der Waals surface area contributed by atoms with E-state index >= 15 is 0 Å². The molecule has 8 rings (SSSR count). The van der Waals surface area contributed by atoms with Crippen LogP contribution in [0.2, 0.25) is 0 Å². The van der Waals surface area contributed by atoms with E-state index in [1.807, 2.05) is 46.6 Å². The van der Waals surface area contributed by atoms with Crippen molar-refractivity contribution in [2.45, 2.75) is 52.4 Å². The normalized spacial score (nSPS) is 12.6. The van der Waals surface area contributed by atoms with Gasteiger partial charge in [0.25, 0.3) is 0 Å². The highest BCUT2D eigenvalue weighted by molar-refractivity contribution is 7.26. The number of benzene rings is 4. The van der Waals surface area contributed by atoms with E-state index in [0.717, 1.165) is 34.2 Å². The van der Waals surface area contributed by atoms with Crippen LogP contribution < -0.4 is 4.74 Å². The Morgan fingerprint density at radius 1 is 0.674 bits per heavy atom. The molecule has 0 aliphatic carbocycles. The number of aromatic nitrogens is 4. The summed E-state index contributed by atoms with van der Waals surface area (Å²) in [6.45, 7) is 13.3. The lowest BCUT2D eigenvalue weighted by atomic mass is 9.88. The van der Waals surface area contributed by atoms with Gasteiger partial charge in [0.15, 0.2) is 0 Å². The van der Waals surface area contributed by atoms with Crippen molar-refractivity contribution < 1.29 is 4.74 Å². The van der Waals surface area contributed by atoms with Crippen molar-refractivity contribution in [3.8, 4) is 23.0 Å². The van der Waals surface area contributed by atoms with Gasteiger partial charge in [0, 0.05) is 60.9 Å². The van der Waals surface area contributed by atoms with Crippen LogP contribution >= 0.6 is 11.3 Å². The Morgan fingerprint density at radius 2 is 1.48 bits per heavy atom. The third-order valence-corrected chi connectivity index (χ3v) is 9.89. The first-order chi connectivity index (χ1) is 22.0. The van der Waals surface area contributed by atoms with Gasteiger partial charge in [0.05, 0.1) is 22.4 Å². The smallest absolute Gasteiger partial charge is 0.137 e. The first-order valence-corrected chi connectivity index (χ1v) is 16.6. The average molecular weight is 621 g/mol. The molecule has 0 fully saturated rings. The third kappa shape index (κ3) is 4.76. The molecule has 0 N–H and O–H groups in total. The summed E-state index contributed by atoms with van der Waals surface area (Å²) in [6.07, 6.45) is 3.95. The molecule has 8 aromatic rings. The van der Waals surface area contributed by atoms with Crippen LogP contribution in [0.4, 0.5) is 0 Å². The Bertz CT molecular complexity index is 2430. The number of thiophene rings is 1. The minimum atomic E-state index is -0.0185. The minimum absolute atomic E-state index is 0.0115. The molecule has 0 atom stereocenters. The van der Waals surface area contributed by atoms with Crippen molar-refractivity contribution in [2.24, 2.45) is 0 Å². The van der Waals surface area contributed by atoms with Crippen LogP contribution in [0.15, 0.2) is 109 Å². The second-order valence-corrected chi connectivity index (χ2v) is 15.2. The van der Waals surface area contributed by atoms with Crippen LogP contribution in [-0.4, -0.2) is 19.3 Å². The second kappa shape index (κ2) is 10.3. The maximum Gasteiger partial charge on any atom is 0.137 e. The van der Waals surface area contributed by atoms with Crippen molar-refractivity contribution in [1.82, 2.24) is 19.3 Å². The molecule has 0 unspecified atom stereocenters. The van der Waals surface area contributed by atoms with Crippen molar-refractivity contribution in [1.29, 1.82) is 0 Å². The van der Waals surface area contributed by atoms with Crippen LogP contribution in [0.3, 0.4) is 0 Å². The molecule has 5 nitrogen and oxygen atoms in total. The average Bonchev–Trinajstić information content (AvgIpc) is 3.75. The van der Waals surface area contributed by atoms with Gasteiger partial charge in [0.1, 0.15) is 17.3 Å². The van der Waals surface area contributed by atoms with Gasteiger partial charge in [0.2, 0.25) is 0 Å². The fourth-order valence-electron chi connectivity index (χ4n) is 6.29. The van der Waals surface area contributed by atoms with Gasteiger partial charge in [-0.05, 0) is 65.6 Å². The summed E-state index contributed by atoms with van der Waals surface area (Å²) in [7, 11) is 0. The maximum atomic E-state index is 6.56. The Hall–Kier alpha value is -4.94. The van der Waals surface area contributed by atoms with E-state index in [2.05, 4.69) is 125 Å². The number of hydrogen-bond acceptors (Lipinski definition) is 4. The van der Waals surface area contributed by atoms with Crippen LogP contribution in [-0.2, 0) is 10.8 Å². The number of ether oxygens (including phenoxy) is 1. The number of pyridine rings is 1. The van der Waals surface area contributed by atoms with Crippen LogP contribution in [0.1, 0.15) is 52.8 Å². The highest BCUT2D eigenvalue weighted by Crippen LogP contribution is 2.44. The molecule has 4 heterocycles. The molecule has 0 aliphatic rings. The molecule has 0 bridgehead atoms. The molecule has 0 amide bonds. The largest absolute Gasteiger partial charge is 0.457 e. The van der Waals surface area contributed by atoms with Crippen molar-refractivity contribution in [2.75, 3.05) is 0 Å². The van der Waals surface area contributed by atoms with E-state index in [4.69, 9.17) is 14.8 Å². The molecule has 0 saturated heterocycles. The summed E-state index contributed by atoms with van der Waals surface area (Å²) in [5.41, 5.74) is 5.46. The van der Waals surface area contributed by atoms with Gasteiger partial charge in [-0.3, -0.25) is 4.57 Å². The molecule has 4 aromatic heterocycles. The van der Waals surface area contributed by atoms with Gasteiger partial charge < -0.3 is 4.74 Å². The molecule has 0 saturated carbocycles. The summed E-state index contributed by atoms with van der Waals surface area (Å²) in [5, 5.41) is 9.74. The van der Waals surface area contributed by atoms with Gasteiger partial charge in [-0.15, -0.1) is 11.3 Å². The maximum absolute atomic E-state index is 6.56. The summed E-state index contributed by atoms with van der Waals surface area (Å²) >= 11 is 1.84. The van der Waals surface area contributed by atoms with Gasteiger partial charge in [-0.25, -0.2) is 9.67 Å². The summed E-state index contributed by atoms with van der Waals surface area (Å²) in [4.78, 5) is 4.96. The lowest BCUT2D eigenvalue weighted by molar-refractivity contribution is 0.482. The lowest BCUT2D eigenvalue weighted by Crippen LogP contribution is -2.12. The van der Waals surface area contributed by atoms with Gasteiger partial charge in [-0.2, -0.15) is 5.10 Å². The number of hydrogen-bond donors (Lipinski definition) is 0. The summed E-state index contributed by atoms with van der Waals surface area (Å²) in [6, 6.07) is 34.2. The van der Waals surface area contributed by atoms with E-state index in [1.165, 1.54) is 42.0 Å². The summed E-state index contributed by atoms with van der Waals surface area (Å²) < 4.78 is 13.4. The van der Waals surface area contributed by atoms with Gasteiger partial charge in [-0.1, -0.05) is 71.9 Å². The predicted octanol–water partition coefficient (Wildman–Crippen LogP) is 11.1. The molecule has 0 aliphatic heterocycles. The van der Waals surface area contributed by atoms with Crippen LogP contribution in [0, 0.1) is 0 Å². The zero-order valence-corrected chi connectivity index (χ0v) is 27.8. The number of fused-ring (bicyclic) bond motifs is 7. The van der Waals surface area contributed by atoms with Crippen molar-refractivity contribution in [3.05, 3.63) is 121 Å². The first-order valence-electron chi connectivity index (χ1n) is 15.7. The molecule has 4 aromatic carbocycles. The quantitative estimate of drug-likeness (QED) is 0.197. The monoisotopic (exact) mass is 620 g/mol. The third-order valence-electron chi connectivity index (χ3n) is 8.76. The Balaban J connectivity index is 1.32. The molecule has 228 valence electrons. The highest BCUT2D eigenvalue weighted by Gasteiger charge is 2.22. The first kappa shape index (κ1) is 28.5. The molecule has 46 heavy (non-hydrogen) atoms. The minimum Gasteiger partial charge on any atom is -0.457 e. The Kier molecular flexibility index (Phi) is 6.38. The predicted molar refractivity (Wildman–Crippen MR) is 193 cm³/mol. The lowest BCUT2D eigenvalue weighted by Gasteiger charge is -2.20. The van der Waals surface area contributed by atoms with Gasteiger partial charge >= 0.3 is 0 Å². The SMILES string of the molecule is CC(C)(C)c1ccnc(-n2c3cc(Oc4cccc(-n5ccc(C(C)(C)C)n5)c4)ccc3c3ccc4sc5ccccc5c4c32)c1. The number of nitrogens with zero attached hydrogens (tertiary/aromatic N) is 4. The zero-order valence-electron chi connectivity index (χ0n) is 27.0. The van der Waals surface area contributed by atoms with Crippen LogP contribution in [0.25, 0.3) is 53.5 Å². The van der Waals surface area contributed by atoms with E-state index < -0.39 is 0 Å². The number of rotatable bonds is 4. The molecular weight excluding hydrogens is 585 g/mol. The molecule has 6 heteroatoms. The Morgan fingerprint density at radius 3 is 2.28 bits per heavy atom. The van der Waals surface area contributed by atoms with E-state index in [1.54, 1.807) is 0 Å². The second-order valence-electron chi connectivity index (χ2n) is 14.1. The van der Waals surface area contributed by atoms with Crippen LogP contribution in [0.5, 0.6) is 11.5 Å². The fraction of sp³-hybridized carbons (Fsp3) is 0.200. The van der Waals surface area contributed by atoms with E-state index in [9.17, 15) is 0 Å². The topological polar surface area (TPSA) is 44.9 Å². The van der Waals surface area contributed by atoms with E-state index in [-0.39, 0.29) is 10.8 Å². The fourth-order valence-corrected chi connectivity index (χ4v) is 7.40. The highest BCUT2D eigenvalue weighted by atomic mass is 32.1. The molecule has 0 spiro atoms. The zero-order chi connectivity index (χ0) is 31.8. The molecular formula is C40H36N4OS. The van der Waals surface area contributed by atoms with Crippen molar-refractivity contribution >= 4 is 53.3 Å². The standard InChI is InChI=1S/C40H36N4OS/c1-39(2,3)25-18-20-41-36(22-25)44-32-24-28(45-27-11-9-10-26(23-27)43-21-19-35(42-43)40(4,5)6)14-15-29(32)30-16-17-34-37(38(30)44)31-12-7-8-13-33(31)46-34/h7-24H,1-6H3. The Labute approximate surface area is 272 Å². The van der Waals surface area contributed by atoms with Crippen molar-refractivity contribution in [3.63, 3.8) is 0 Å². The summed E-state index contributed by atoms with van der Waals surface area (Å²) in [5.74, 6) is 2.43.